The van der Waals surface area contributed by atoms with Gasteiger partial charge in [-0.2, -0.15) is 0 Å². The number of aryl methyl sites for hydroxylation is 1. The van der Waals surface area contributed by atoms with Gasteiger partial charge in [0.05, 0.1) is 11.4 Å². The lowest BCUT2D eigenvalue weighted by atomic mass is 10.2. The van der Waals surface area contributed by atoms with Crippen LogP contribution in [0.4, 0.5) is 15.8 Å². The first-order chi connectivity index (χ1) is 10.5. The molecule has 22 heavy (non-hydrogen) atoms. The van der Waals surface area contributed by atoms with Crippen molar-refractivity contribution in [3.05, 3.63) is 59.4 Å². The molecule has 2 aromatic rings. The minimum absolute atomic E-state index is 0.135. The fourth-order valence-electron chi connectivity index (χ4n) is 1.82. The van der Waals surface area contributed by atoms with Crippen molar-refractivity contribution in [3.8, 4) is 0 Å². The Balaban J connectivity index is 1.93. The van der Waals surface area contributed by atoms with E-state index in [0.29, 0.717) is 16.9 Å². The van der Waals surface area contributed by atoms with Crippen molar-refractivity contribution in [1.29, 1.82) is 0 Å². The summed E-state index contributed by atoms with van der Waals surface area (Å²) in [5, 5.41) is 4.92. The number of rotatable bonds is 3. The highest BCUT2D eigenvalue weighted by atomic mass is 19.1. The third kappa shape index (κ3) is 4.05. The summed E-state index contributed by atoms with van der Waals surface area (Å²) in [6.07, 6.45) is 0. The molecule has 0 spiro atoms. The maximum Gasteiger partial charge on any atom is 0.313 e. The van der Waals surface area contributed by atoms with E-state index in [1.807, 2.05) is 6.92 Å². The molecular formula is C16H16FN3O2. The van der Waals surface area contributed by atoms with Crippen LogP contribution in [-0.4, -0.2) is 11.8 Å². The Kier molecular flexibility index (Phi) is 4.73. The molecule has 0 unspecified atom stereocenters. The topological polar surface area (TPSA) is 84.2 Å². The number of nitrogens with two attached hydrogens (primary N) is 1. The molecule has 0 saturated carbocycles. The van der Waals surface area contributed by atoms with Crippen LogP contribution < -0.4 is 16.4 Å². The summed E-state index contributed by atoms with van der Waals surface area (Å²) in [4.78, 5) is 23.6. The number of anilines is 2. The van der Waals surface area contributed by atoms with Gasteiger partial charge < -0.3 is 16.4 Å². The molecule has 0 heterocycles. The molecule has 0 bridgehead atoms. The molecular weight excluding hydrogens is 285 g/mol. The first-order valence-electron chi connectivity index (χ1n) is 6.65. The Morgan fingerprint density at radius 2 is 1.77 bits per heavy atom. The second kappa shape index (κ2) is 6.71. The van der Waals surface area contributed by atoms with E-state index in [4.69, 9.17) is 5.73 Å². The van der Waals surface area contributed by atoms with Crippen LogP contribution in [0.25, 0.3) is 0 Å². The maximum atomic E-state index is 12.8. The first-order valence-corrected chi connectivity index (χ1v) is 6.65. The minimum Gasteiger partial charge on any atom is -0.397 e. The van der Waals surface area contributed by atoms with E-state index in [9.17, 15) is 14.0 Å². The van der Waals surface area contributed by atoms with Gasteiger partial charge >= 0.3 is 11.8 Å². The molecule has 0 aliphatic rings. The molecule has 2 rings (SSSR count). The zero-order chi connectivity index (χ0) is 16.1. The van der Waals surface area contributed by atoms with Crippen LogP contribution in [0.3, 0.4) is 0 Å². The highest BCUT2D eigenvalue weighted by Crippen LogP contribution is 2.19. The predicted octanol–water partition coefficient (Wildman–Crippen LogP) is 1.97. The van der Waals surface area contributed by atoms with Gasteiger partial charge in [0.2, 0.25) is 0 Å². The average Bonchev–Trinajstić information content (AvgIpc) is 2.50. The van der Waals surface area contributed by atoms with Crippen molar-refractivity contribution < 1.29 is 14.0 Å². The van der Waals surface area contributed by atoms with Crippen molar-refractivity contribution in [2.75, 3.05) is 11.1 Å². The van der Waals surface area contributed by atoms with E-state index in [1.54, 1.807) is 18.2 Å². The van der Waals surface area contributed by atoms with Crippen molar-refractivity contribution in [2.45, 2.75) is 13.5 Å². The average molecular weight is 301 g/mol. The molecule has 0 radical (unpaired) electrons. The minimum atomic E-state index is -0.806. The number of nitrogen functional groups attached to an aromatic ring is 1. The normalized spacial score (nSPS) is 10.1. The Morgan fingerprint density at radius 3 is 2.45 bits per heavy atom. The molecule has 4 N–H and O–H groups in total. The third-order valence-electron chi connectivity index (χ3n) is 3.03. The fourth-order valence-corrected chi connectivity index (χ4v) is 1.82. The van der Waals surface area contributed by atoms with Gasteiger partial charge in [-0.3, -0.25) is 9.59 Å². The molecule has 114 valence electrons. The van der Waals surface area contributed by atoms with Gasteiger partial charge in [0.15, 0.2) is 0 Å². The number of benzene rings is 2. The second-order valence-corrected chi connectivity index (χ2v) is 4.85. The number of halogens is 1. The van der Waals surface area contributed by atoms with Gasteiger partial charge in [-0.15, -0.1) is 0 Å². The molecule has 6 heteroatoms. The monoisotopic (exact) mass is 301 g/mol. The molecule has 0 aliphatic heterocycles. The van der Waals surface area contributed by atoms with E-state index in [0.717, 1.165) is 5.56 Å². The molecule has 2 aromatic carbocycles. The number of carbonyl (C=O) groups excluding carboxylic acids is 2. The lowest BCUT2D eigenvalue weighted by molar-refractivity contribution is -0.136. The summed E-state index contributed by atoms with van der Waals surface area (Å²) in [7, 11) is 0. The van der Waals surface area contributed by atoms with Gasteiger partial charge in [0, 0.05) is 6.54 Å². The summed E-state index contributed by atoms with van der Waals surface area (Å²) < 4.78 is 12.8. The number of nitrogens with one attached hydrogen (secondary N) is 2. The lowest BCUT2D eigenvalue weighted by Crippen LogP contribution is -2.35. The van der Waals surface area contributed by atoms with E-state index in [-0.39, 0.29) is 12.4 Å². The molecule has 0 fully saturated rings. The van der Waals surface area contributed by atoms with Crippen LogP contribution in [0.15, 0.2) is 42.5 Å². The van der Waals surface area contributed by atoms with E-state index in [1.165, 1.54) is 24.3 Å². The molecule has 0 aromatic heterocycles. The summed E-state index contributed by atoms with van der Waals surface area (Å²) in [5.74, 6) is -1.95. The van der Waals surface area contributed by atoms with Gasteiger partial charge in [0.1, 0.15) is 5.82 Å². The van der Waals surface area contributed by atoms with Crippen molar-refractivity contribution in [1.82, 2.24) is 5.32 Å². The number of hydrogen-bond donors (Lipinski definition) is 3. The lowest BCUT2D eigenvalue weighted by Gasteiger charge is -2.09. The van der Waals surface area contributed by atoms with E-state index in [2.05, 4.69) is 10.6 Å². The Hall–Kier alpha value is -2.89. The van der Waals surface area contributed by atoms with Crippen LogP contribution in [0.1, 0.15) is 11.1 Å². The zero-order valence-electron chi connectivity index (χ0n) is 12.0. The Bertz CT molecular complexity index is 699. The summed E-state index contributed by atoms with van der Waals surface area (Å²) >= 11 is 0. The van der Waals surface area contributed by atoms with E-state index >= 15 is 0 Å². The third-order valence-corrected chi connectivity index (χ3v) is 3.03. The van der Waals surface area contributed by atoms with Gasteiger partial charge in [0.25, 0.3) is 0 Å². The zero-order valence-corrected chi connectivity index (χ0v) is 12.0. The van der Waals surface area contributed by atoms with Gasteiger partial charge in [-0.1, -0.05) is 18.2 Å². The standard InChI is InChI=1S/C16H16FN3O2/c1-10-2-7-13(18)14(8-10)20-16(22)15(21)19-9-11-3-5-12(17)6-4-11/h2-8H,9,18H2,1H3,(H,19,21)(H,20,22). The summed E-state index contributed by atoms with van der Waals surface area (Å²) in [6.45, 7) is 1.99. The Morgan fingerprint density at radius 1 is 1.09 bits per heavy atom. The predicted molar refractivity (Wildman–Crippen MR) is 82.5 cm³/mol. The SMILES string of the molecule is Cc1ccc(N)c(NC(=O)C(=O)NCc2ccc(F)cc2)c1. The van der Waals surface area contributed by atoms with Gasteiger partial charge in [-0.25, -0.2) is 4.39 Å². The summed E-state index contributed by atoms with van der Waals surface area (Å²) in [5.41, 5.74) is 8.11. The molecule has 5 nitrogen and oxygen atoms in total. The van der Waals surface area contributed by atoms with Crippen LogP contribution in [-0.2, 0) is 16.1 Å². The number of carbonyl (C=O) groups is 2. The van der Waals surface area contributed by atoms with Crippen molar-refractivity contribution in [3.63, 3.8) is 0 Å². The number of amides is 2. The highest BCUT2D eigenvalue weighted by Gasteiger charge is 2.14. The van der Waals surface area contributed by atoms with Gasteiger partial charge in [-0.05, 0) is 42.3 Å². The summed E-state index contributed by atoms with van der Waals surface area (Å²) in [6, 6.07) is 10.8. The molecule has 0 saturated heterocycles. The molecule has 0 atom stereocenters. The van der Waals surface area contributed by atoms with Crippen molar-refractivity contribution in [2.24, 2.45) is 0 Å². The van der Waals surface area contributed by atoms with Crippen LogP contribution in [0.2, 0.25) is 0 Å². The quantitative estimate of drug-likeness (QED) is 0.598. The fraction of sp³-hybridized carbons (Fsp3) is 0.125. The first kappa shape index (κ1) is 15.5. The number of hydrogen-bond acceptors (Lipinski definition) is 3. The van der Waals surface area contributed by atoms with Crippen LogP contribution in [0, 0.1) is 12.7 Å². The molecule has 0 aliphatic carbocycles. The molecule has 2 amide bonds. The highest BCUT2D eigenvalue weighted by molar-refractivity contribution is 6.39. The van der Waals surface area contributed by atoms with Crippen molar-refractivity contribution >= 4 is 23.2 Å². The van der Waals surface area contributed by atoms with Crippen LogP contribution in [0.5, 0.6) is 0 Å². The van der Waals surface area contributed by atoms with Crippen LogP contribution >= 0.6 is 0 Å². The largest absolute Gasteiger partial charge is 0.397 e. The Labute approximate surface area is 127 Å². The smallest absolute Gasteiger partial charge is 0.313 e. The second-order valence-electron chi connectivity index (χ2n) is 4.85. The van der Waals surface area contributed by atoms with E-state index < -0.39 is 11.8 Å². The maximum absolute atomic E-state index is 12.8.